The minimum absolute atomic E-state index is 0.145. The van der Waals surface area contributed by atoms with Gasteiger partial charge in [-0.15, -0.1) is 0 Å². The molecular weight excluding hydrogens is 297 g/mol. The fourth-order valence-electron chi connectivity index (χ4n) is 1.57. The van der Waals surface area contributed by atoms with E-state index in [2.05, 4.69) is 10.3 Å². The summed E-state index contributed by atoms with van der Waals surface area (Å²) in [5.41, 5.74) is 0.860. The first-order valence-electron chi connectivity index (χ1n) is 5.84. The molecule has 0 aliphatic carbocycles. The first kappa shape index (κ1) is 15.1. The molecule has 0 fully saturated rings. The Bertz CT molecular complexity index is 789. The Kier molecular flexibility index (Phi) is 4.01. The monoisotopic (exact) mass is 309 g/mol. The molecule has 8 heteroatoms. The van der Waals surface area contributed by atoms with Gasteiger partial charge in [-0.1, -0.05) is 0 Å². The first-order chi connectivity index (χ1) is 9.77. The van der Waals surface area contributed by atoms with E-state index >= 15 is 0 Å². The second-order valence-electron chi connectivity index (χ2n) is 4.33. The van der Waals surface area contributed by atoms with Crippen molar-refractivity contribution >= 4 is 21.6 Å². The van der Waals surface area contributed by atoms with E-state index in [9.17, 15) is 17.6 Å². The molecule has 0 aliphatic heterocycles. The summed E-state index contributed by atoms with van der Waals surface area (Å²) >= 11 is 0. The number of hydrogen-bond donors (Lipinski definition) is 2. The SMILES string of the molecule is Cc1ccc(C(=O)Nc2ccc(S(N)(=O)=O)cc2F)cn1. The number of rotatable bonds is 3. The van der Waals surface area contributed by atoms with Crippen molar-refractivity contribution in [2.24, 2.45) is 5.14 Å². The lowest BCUT2D eigenvalue weighted by molar-refractivity contribution is 0.102. The van der Waals surface area contributed by atoms with E-state index in [-0.39, 0.29) is 16.1 Å². The summed E-state index contributed by atoms with van der Waals surface area (Å²) in [6, 6.07) is 6.19. The number of nitrogens with two attached hydrogens (primary N) is 1. The Morgan fingerprint density at radius 1 is 1.29 bits per heavy atom. The average molecular weight is 309 g/mol. The number of halogens is 1. The van der Waals surface area contributed by atoms with Gasteiger partial charge in [-0.3, -0.25) is 9.78 Å². The molecule has 21 heavy (non-hydrogen) atoms. The number of nitrogens with zero attached hydrogens (tertiary/aromatic N) is 1. The zero-order valence-electron chi connectivity index (χ0n) is 11.0. The number of nitrogens with one attached hydrogen (secondary N) is 1. The van der Waals surface area contributed by atoms with Crippen LogP contribution in [0.15, 0.2) is 41.4 Å². The lowest BCUT2D eigenvalue weighted by Gasteiger charge is -2.07. The summed E-state index contributed by atoms with van der Waals surface area (Å²) < 4.78 is 35.9. The van der Waals surface area contributed by atoms with E-state index in [4.69, 9.17) is 5.14 Å². The van der Waals surface area contributed by atoms with E-state index in [0.717, 1.165) is 23.9 Å². The molecule has 0 spiro atoms. The Labute approximate surface area is 120 Å². The third-order valence-corrected chi connectivity index (χ3v) is 3.60. The van der Waals surface area contributed by atoms with Gasteiger partial charge in [0, 0.05) is 11.9 Å². The number of amides is 1. The van der Waals surface area contributed by atoms with Gasteiger partial charge >= 0.3 is 0 Å². The summed E-state index contributed by atoms with van der Waals surface area (Å²) in [4.78, 5) is 15.5. The summed E-state index contributed by atoms with van der Waals surface area (Å²) in [6.07, 6.45) is 1.36. The molecule has 3 N–H and O–H groups in total. The van der Waals surface area contributed by atoms with E-state index in [0.29, 0.717) is 0 Å². The van der Waals surface area contributed by atoms with Crippen LogP contribution in [-0.2, 0) is 10.0 Å². The summed E-state index contributed by atoms with van der Waals surface area (Å²) in [5, 5.41) is 7.23. The predicted molar refractivity (Wildman–Crippen MR) is 74.7 cm³/mol. The first-order valence-corrected chi connectivity index (χ1v) is 7.38. The quantitative estimate of drug-likeness (QED) is 0.895. The molecule has 1 aromatic heterocycles. The van der Waals surface area contributed by atoms with E-state index < -0.39 is 21.7 Å². The second-order valence-corrected chi connectivity index (χ2v) is 5.89. The Morgan fingerprint density at radius 2 is 2.00 bits per heavy atom. The Balaban J connectivity index is 2.24. The highest BCUT2D eigenvalue weighted by molar-refractivity contribution is 7.89. The zero-order chi connectivity index (χ0) is 15.6. The van der Waals surface area contributed by atoms with Crippen molar-refractivity contribution in [3.05, 3.63) is 53.6 Å². The van der Waals surface area contributed by atoms with Crippen LogP contribution < -0.4 is 10.5 Å². The van der Waals surface area contributed by atoms with Gasteiger partial charge in [-0.05, 0) is 37.3 Å². The van der Waals surface area contributed by atoms with E-state index in [1.165, 1.54) is 6.20 Å². The minimum Gasteiger partial charge on any atom is -0.319 e. The van der Waals surface area contributed by atoms with Crippen LogP contribution in [0.25, 0.3) is 0 Å². The van der Waals surface area contributed by atoms with Gasteiger partial charge in [0.25, 0.3) is 5.91 Å². The Morgan fingerprint density at radius 3 is 2.52 bits per heavy atom. The van der Waals surface area contributed by atoms with Crippen LogP contribution in [0.1, 0.15) is 16.1 Å². The number of hydrogen-bond acceptors (Lipinski definition) is 4. The largest absolute Gasteiger partial charge is 0.319 e. The molecule has 110 valence electrons. The van der Waals surface area contributed by atoms with Crippen molar-refractivity contribution in [1.29, 1.82) is 0 Å². The maximum Gasteiger partial charge on any atom is 0.257 e. The fourth-order valence-corrected chi connectivity index (χ4v) is 2.10. The second kappa shape index (κ2) is 5.58. The van der Waals surface area contributed by atoms with Gasteiger partial charge in [0.15, 0.2) is 0 Å². The smallest absolute Gasteiger partial charge is 0.257 e. The van der Waals surface area contributed by atoms with Crippen molar-refractivity contribution < 1.29 is 17.6 Å². The maximum absolute atomic E-state index is 13.8. The number of pyridine rings is 1. The van der Waals surface area contributed by atoms with Crippen LogP contribution in [0, 0.1) is 12.7 Å². The van der Waals surface area contributed by atoms with Crippen molar-refractivity contribution in [1.82, 2.24) is 4.98 Å². The number of sulfonamides is 1. The van der Waals surface area contributed by atoms with Gasteiger partial charge in [-0.2, -0.15) is 0 Å². The number of primary sulfonamides is 1. The number of carbonyl (C=O) groups excluding carboxylic acids is 1. The van der Waals surface area contributed by atoms with Crippen molar-refractivity contribution in [2.45, 2.75) is 11.8 Å². The van der Waals surface area contributed by atoms with Crippen LogP contribution in [0.4, 0.5) is 10.1 Å². The molecule has 0 atom stereocenters. The summed E-state index contributed by atoms with van der Waals surface area (Å²) in [7, 11) is -3.99. The molecule has 2 aromatic rings. The van der Waals surface area contributed by atoms with E-state index in [1.807, 2.05) is 0 Å². The highest BCUT2D eigenvalue weighted by atomic mass is 32.2. The zero-order valence-corrected chi connectivity index (χ0v) is 11.8. The van der Waals surface area contributed by atoms with Crippen LogP contribution in [0.5, 0.6) is 0 Å². The van der Waals surface area contributed by atoms with Crippen molar-refractivity contribution in [2.75, 3.05) is 5.32 Å². The molecule has 1 heterocycles. The standard InChI is InChI=1S/C13H12FN3O3S/c1-8-2-3-9(7-16-8)13(18)17-12-5-4-10(6-11(12)14)21(15,19)20/h2-7H,1H3,(H,17,18)(H2,15,19,20). The lowest BCUT2D eigenvalue weighted by atomic mass is 10.2. The minimum atomic E-state index is -3.99. The normalized spacial score (nSPS) is 11.2. The van der Waals surface area contributed by atoms with Crippen molar-refractivity contribution in [3.8, 4) is 0 Å². The molecule has 0 saturated heterocycles. The fraction of sp³-hybridized carbons (Fsp3) is 0.0769. The number of aryl methyl sites for hydroxylation is 1. The van der Waals surface area contributed by atoms with Gasteiger partial charge in [0.1, 0.15) is 5.82 Å². The predicted octanol–water partition coefficient (Wildman–Crippen LogP) is 1.43. The third kappa shape index (κ3) is 3.61. The topological polar surface area (TPSA) is 102 Å². The average Bonchev–Trinajstić information content (AvgIpc) is 2.40. The van der Waals surface area contributed by atoms with Crippen molar-refractivity contribution in [3.63, 3.8) is 0 Å². The Hall–Kier alpha value is -2.32. The van der Waals surface area contributed by atoms with Crippen LogP contribution in [0.2, 0.25) is 0 Å². The van der Waals surface area contributed by atoms with Crippen LogP contribution in [0.3, 0.4) is 0 Å². The molecule has 0 unspecified atom stereocenters. The van der Waals surface area contributed by atoms with Gasteiger partial charge in [-0.25, -0.2) is 17.9 Å². The van der Waals surface area contributed by atoms with Crippen LogP contribution >= 0.6 is 0 Å². The van der Waals surface area contributed by atoms with Crippen LogP contribution in [-0.4, -0.2) is 19.3 Å². The summed E-state index contributed by atoms with van der Waals surface area (Å²) in [6.45, 7) is 1.77. The molecule has 1 amide bonds. The maximum atomic E-state index is 13.8. The van der Waals surface area contributed by atoms with E-state index in [1.54, 1.807) is 19.1 Å². The molecule has 0 aliphatic rings. The number of aromatic nitrogens is 1. The molecule has 0 radical (unpaired) electrons. The molecule has 6 nitrogen and oxygen atoms in total. The summed E-state index contributed by atoms with van der Waals surface area (Å²) in [5.74, 6) is -1.44. The highest BCUT2D eigenvalue weighted by Crippen LogP contribution is 2.19. The third-order valence-electron chi connectivity index (χ3n) is 2.69. The number of carbonyl (C=O) groups is 1. The highest BCUT2D eigenvalue weighted by Gasteiger charge is 2.14. The molecule has 0 bridgehead atoms. The van der Waals surface area contributed by atoms with Gasteiger partial charge in [0.2, 0.25) is 10.0 Å². The van der Waals surface area contributed by atoms with Gasteiger partial charge < -0.3 is 5.32 Å². The molecule has 2 rings (SSSR count). The number of benzene rings is 1. The lowest BCUT2D eigenvalue weighted by Crippen LogP contribution is -2.15. The molecular formula is C13H12FN3O3S. The molecule has 1 aromatic carbocycles. The number of anilines is 1. The van der Waals surface area contributed by atoms with Gasteiger partial charge in [0.05, 0.1) is 16.1 Å². The molecule has 0 saturated carbocycles.